The number of methoxy groups -OCH3 is 1. The zero-order valence-corrected chi connectivity index (χ0v) is 11.7. The minimum Gasteiger partial charge on any atom is -0.496 e. The van der Waals surface area contributed by atoms with Crippen LogP contribution in [-0.4, -0.2) is 30.6 Å². The van der Waals surface area contributed by atoms with Crippen molar-refractivity contribution >= 4 is 10.9 Å². The molecule has 0 aliphatic carbocycles. The number of nitrogens with zero attached hydrogens (tertiary/aromatic N) is 1. The molecule has 1 N–H and O–H groups in total. The zero-order chi connectivity index (χ0) is 13.1. The van der Waals surface area contributed by atoms with Crippen molar-refractivity contribution < 1.29 is 4.74 Å². The lowest BCUT2D eigenvalue weighted by Gasteiger charge is -2.19. The summed E-state index contributed by atoms with van der Waals surface area (Å²) >= 11 is 0. The summed E-state index contributed by atoms with van der Waals surface area (Å²) < 4.78 is 5.54. The van der Waals surface area contributed by atoms with Crippen LogP contribution in [0, 0.1) is 6.92 Å². The minimum absolute atomic E-state index is 0.922. The Bertz CT molecular complexity index is 531. The quantitative estimate of drug-likeness (QED) is 0.876. The topological polar surface area (TPSA) is 28.3 Å². The van der Waals surface area contributed by atoms with E-state index in [0.29, 0.717) is 0 Å². The second-order valence-corrected chi connectivity index (χ2v) is 4.88. The van der Waals surface area contributed by atoms with Crippen molar-refractivity contribution in [2.45, 2.75) is 26.8 Å². The average Bonchev–Trinajstić information content (AvgIpc) is 2.82. The van der Waals surface area contributed by atoms with Crippen LogP contribution in [0.25, 0.3) is 10.9 Å². The summed E-state index contributed by atoms with van der Waals surface area (Å²) in [6.07, 6.45) is 3.17. The largest absolute Gasteiger partial charge is 0.496 e. The number of aromatic nitrogens is 1. The van der Waals surface area contributed by atoms with Crippen molar-refractivity contribution in [3.63, 3.8) is 0 Å². The van der Waals surface area contributed by atoms with Gasteiger partial charge in [-0.3, -0.25) is 0 Å². The number of hydrogen-bond acceptors (Lipinski definition) is 2. The summed E-state index contributed by atoms with van der Waals surface area (Å²) in [6.45, 7) is 6.34. The van der Waals surface area contributed by atoms with Gasteiger partial charge in [0.2, 0.25) is 0 Å². The molecule has 0 aliphatic rings. The number of aromatic amines is 1. The second-order valence-electron chi connectivity index (χ2n) is 4.88. The van der Waals surface area contributed by atoms with Crippen molar-refractivity contribution in [1.29, 1.82) is 0 Å². The normalized spacial score (nSPS) is 11.4. The molecule has 3 nitrogen and oxygen atoms in total. The molecular formula is C15H22N2O. The van der Waals surface area contributed by atoms with Gasteiger partial charge in [0.15, 0.2) is 0 Å². The van der Waals surface area contributed by atoms with E-state index < -0.39 is 0 Å². The predicted molar refractivity (Wildman–Crippen MR) is 76.2 cm³/mol. The lowest BCUT2D eigenvalue weighted by molar-refractivity contribution is 0.319. The van der Waals surface area contributed by atoms with Crippen LogP contribution < -0.4 is 4.74 Å². The third kappa shape index (κ3) is 2.36. The number of aryl methyl sites for hydroxylation is 1. The Morgan fingerprint density at radius 2 is 2.17 bits per heavy atom. The van der Waals surface area contributed by atoms with Gasteiger partial charge in [0, 0.05) is 29.2 Å². The first-order chi connectivity index (χ1) is 8.67. The molecule has 98 valence electrons. The molecule has 0 fully saturated rings. The Hall–Kier alpha value is -1.48. The van der Waals surface area contributed by atoms with Gasteiger partial charge in [0.05, 0.1) is 7.11 Å². The van der Waals surface area contributed by atoms with E-state index in [9.17, 15) is 0 Å². The molecule has 0 bridgehead atoms. The van der Waals surface area contributed by atoms with E-state index >= 15 is 0 Å². The highest BCUT2D eigenvalue weighted by Crippen LogP contribution is 2.31. The number of fused-ring (bicyclic) bond motifs is 1. The lowest BCUT2D eigenvalue weighted by Crippen LogP contribution is -2.19. The third-order valence-electron chi connectivity index (χ3n) is 3.36. The molecule has 0 unspecified atom stereocenters. The molecule has 1 heterocycles. The van der Waals surface area contributed by atoms with Crippen molar-refractivity contribution in [2.75, 3.05) is 20.7 Å². The number of hydrogen-bond donors (Lipinski definition) is 1. The van der Waals surface area contributed by atoms with E-state index in [2.05, 4.69) is 42.9 Å². The molecule has 0 saturated heterocycles. The van der Waals surface area contributed by atoms with Crippen LogP contribution in [0.1, 0.15) is 24.5 Å². The van der Waals surface area contributed by atoms with Crippen molar-refractivity contribution in [3.8, 4) is 5.75 Å². The molecule has 0 atom stereocenters. The first kappa shape index (κ1) is 13.0. The van der Waals surface area contributed by atoms with Gasteiger partial charge < -0.3 is 14.6 Å². The van der Waals surface area contributed by atoms with Crippen molar-refractivity contribution in [1.82, 2.24) is 9.88 Å². The second kappa shape index (κ2) is 5.44. The summed E-state index contributed by atoms with van der Waals surface area (Å²) in [4.78, 5) is 5.64. The molecular weight excluding hydrogens is 224 g/mol. The van der Waals surface area contributed by atoms with E-state index in [4.69, 9.17) is 4.74 Å². The fourth-order valence-corrected chi connectivity index (χ4v) is 2.51. The summed E-state index contributed by atoms with van der Waals surface area (Å²) in [5.41, 5.74) is 3.72. The Morgan fingerprint density at radius 1 is 1.39 bits per heavy atom. The molecule has 0 aliphatic heterocycles. The van der Waals surface area contributed by atoms with Gasteiger partial charge in [-0.15, -0.1) is 0 Å². The number of benzene rings is 1. The van der Waals surface area contributed by atoms with Crippen LogP contribution in [0.5, 0.6) is 5.75 Å². The van der Waals surface area contributed by atoms with Crippen LogP contribution in [0.4, 0.5) is 0 Å². The molecule has 2 rings (SSSR count). The van der Waals surface area contributed by atoms with Gasteiger partial charge in [0.25, 0.3) is 0 Å². The Kier molecular flexibility index (Phi) is 3.92. The fraction of sp³-hybridized carbons (Fsp3) is 0.467. The lowest BCUT2D eigenvalue weighted by atomic mass is 10.0. The molecule has 0 spiro atoms. The predicted octanol–water partition coefficient (Wildman–Crippen LogP) is 3.33. The maximum atomic E-state index is 5.54. The third-order valence-corrected chi connectivity index (χ3v) is 3.36. The van der Waals surface area contributed by atoms with Crippen LogP contribution in [0.15, 0.2) is 18.3 Å². The molecule has 0 amide bonds. The SMILES string of the molecule is CCCN(C)Cc1c(OC)cc(C)c2[nH]ccc12. The van der Waals surface area contributed by atoms with Gasteiger partial charge in [-0.05, 0) is 44.6 Å². The average molecular weight is 246 g/mol. The minimum atomic E-state index is 0.922. The van der Waals surface area contributed by atoms with Gasteiger partial charge in [-0.2, -0.15) is 0 Å². The Balaban J connectivity index is 2.46. The summed E-state index contributed by atoms with van der Waals surface area (Å²) in [7, 11) is 3.90. The zero-order valence-electron chi connectivity index (χ0n) is 11.7. The monoisotopic (exact) mass is 246 g/mol. The molecule has 2 aromatic rings. The van der Waals surface area contributed by atoms with Crippen molar-refractivity contribution in [2.24, 2.45) is 0 Å². The molecule has 0 saturated carbocycles. The number of ether oxygens (including phenoxy) is 1. The summed E-state index contributed by atoms with van der Waals surface area (Å²) in [5, 5.41) is 1.27. The van der Waals surface area contributed by atoms with Crippen LogP contribution in [0.3, 0.4) is 0 Å². The smallest absolute Gasteiger partial charge is 0.124 e. The van der Waals surface area contributed by atoms with Crippen LogP contribution >= 0.6 is 0 Å². The van der Waals surface area contributed by atoms with E-state index in [1.54, 1.807) is 7.11 Å². The van der Waals surface area contributed by atoms with Gasteiger partial charge in [0.1, 0.15) is 5.75 Å². The van der Waals surface area contributed by atoms with Crippen LogP contribution in [0.2, 0.25) is 0 Å². The summed E-state index contributed by atoms with van der Waals surface area (Å²) in [6, 6.07) is 4.26. The summed E-state index contributed by atoms with van der Waals surface area (Å²) in [5.74, 6) is 0.988. The molecule has 1 aromatic carbocycles. The van der Waals surface area contributed by atoms with Gasteiger partial charge >= 0.3 is 0 Å². The highest BCUT2D eigenvalue weighted by Gasteiger charge is 2.13. The van der Waals surface area contributed by atoms with Crippen LogP contribution in [-0.2, 0) is 6.54 Å². The maximum Gasteiger partial charge on any atom is 0.124 e. The highest BCUT2D eigenvalue weighted by molar-refractivity contribution is 5.88. The highest BCUT2D eigenvalue weighted by atomic mass is 16.5. The maximum absolute atomic E-state index is 5.54. The van der Waals surface area contributed by atoms with Gasteiger partial charge in [-0.1, -0.05) is 6.92 Å². The fourth-order valence-electron chi connectivity index (χ4n) is 2.51. The molecule has 3 heteroatoms. The van der Waals surface area contributed by atoms with E-state index in [0.717, 1.165) is 18.8 Å². The molecule has 0 radical (unpaired) electrons. The number of nitrogens with one attached hydrogen (secondary N) is 1. The van der Waals surface area contributed by atoms with E-state index in [1.807, 2.05) is 6.20 Å². The molecule has 1 aromatic heterocycles. The van der Waals surface area contributed by atoms with E-state index in [1.165, 1.54) is 28.5 Å². The Morgan fingerprint density at radius 3 is 2.83 bits per heavy atom. The van der Waals surface area contributed by atoms with E-state index in [-0.39, 0.29) is 0 Å². The first-order valence-corrected chi connectivity index (χ1v) is 6.49. The van der Waals surface area contributed by atoms with Gasteiger partial charge in [-0.25, -0.2) is 0 Å². The number of H-pyrrole nitrogens is 1. The molecule has 18 heavy (non-hydrogen) atoms. The number of rotatable bonds is 5. The van der Waals surface area contributed by atoms with Crippen molar-refractivity contribution in [3.05, 3.63) is 29.5 Å². The Labute approximate surface area is 109 Å². The standard InChI is InChI=1S/C15H22N2O/c1-5-8-17(3)10-13-12-6-7-16-15(12)11(2)9-14(13)18-4/h6-7,9,16H,5,8,10H2,1-4H3. The first-order valence-electron chi connectivity index (χ1n) is 6.49.